The number of nitrogens with zero attached hydrogens (tertiary/aromatic N) is 1. The summed E-state index contributed by atoms with van der Waals surface area (Å²) in [5, 5.41) is 10.6. The maximum absolute atomic E-state index is 12.2. The summed E-state index contributed by atoms with van der Waals surface area (Å²) in [4.78, 5) is 22.3. The second-order valence-electron chi connectivity index (χ2n) is 4.59. The van der Waals surface area contributed by atoms with E-state index in [0.29, 0.717) is 17.1 Å². The quantitative estimate of drug-likeness (QED) is 0.490. The molecular formula is C15H11NO5. The van der Waals surface area contributed by atoms with E-state index in [9.17, 15) is 14.9 Å². The fourth-order valence-corrected chi connectivity index (χ4v) is 2.09. The molecule has 2 aromatic rings. The van der Waals surface area contributed by atoms with E-state index in [0.717, 1.165) is 5.56 Å². The second kappa shape index (κ2) is 5.24. The SMILES string of the molecule is O=C(Cc1ccc([N+](=O)[O-])cc1)c1ccc2c(c1)OCO2. The van der Waals surface area contributed by atoms with E-state index in [2.05, 4.69) is 0 Å². The van der Waals surface area contributed by atoms with Gasteiger partial charge in [-0.05, 0) is 23.8 Å². The van der Waals surface area contributed by atoms with Crippen LogP contribution in [0.25, 0.3) is 0 Å². The van der Waals surface area contributed by atoms with Gasteiger partial charge in [0.15, 0.2) is 17.3 Å². The van der Waals surface area contributed by atoms with Crippen LogP contribution in [-0.4, -0.2) is 17.5 Å². The molecule has 0 amide bonds. The number of carbonyl (C=O) groups excluding carboxylic acids is 1. The number of fused-ring (bicyclic) bond motifs is 1. The normalized spacial score (nSPS) is 12.2. The van der Waals surface area contributed by atoms with Crippen molar-refractivity contribution in [1.82, 2.24) is 0 Å². The molecule has 0 N–H and O–H groups in total. The summed E-state index contributed by atoms with van der Waals surface area (Å²) >= 11 is 0. The largest absolute Gasteiger partial charge is 0.454 e. The third kappa shape index (κ3) is 2.69. The molecule has 0 spiro atoms. The molecule has 0 saturated heterocycles. The molecule has 6 heteroatoms. The fourth-order valence-electron chi connectivity index (χ4n) is 2.09. The Morgan fingerprint density at radius 1 is 1.10 bits per heavy atom. The molecule has 21 heavy (non-hydrogen) atoms. The van der Waals surface area contributed by atoms with Crippen molar-refractivity contribution in [2.75, 3.05) is 6.79 Å². The van der Waals surface area contributed by atoms with Gasteiger partial charge in [-0.3, -0.25) is 14.9 Å². The lowest BCUT2D eigenvalue weighted by Crippen LogP contribution is -2.03. The van der Waals surface area contributed by atoms with Gasteiger partial charge < -0.3 is 9.47 Å². The monoisotopic (exact) mass is 285 g/mol. The molecular weight excluding hydrogens is 274 g/mol. The van der Waals surface area contributed by atoms with Gasteiger partial charge in [0.05, 0.1) is 4.92 Å². The molecule has 106 valence electrons. The molecule has 1 aliphatic heterocycles. The Morgan fingerprint density at radius 2 is 1.81 bits per heavy atom. The average Bonchev–Trinajstić information content (AvgIpc) is 2.95. The Labute approximate surface area is 120 Å². The third-order valence-corrected chi connectivity index (χ3v) is 3.21. The zero-order chi connectivity index (χ0) is 14.8. The van der Waals surface area contributed by atoms with Gasteiger partial charge >= 0.3 is 0 Å². The lowest BCUT2D eigenvalue weighted by atomic mass is 10.0. The first kappa shape index (κ1) is 13.1. The average molecular weight is 285 g/mol. The molecule has 1 aliphatic rings. The van der Waals surface area contributed by atoms with Gasteiger partial charge in [0.2, 0.25) is 6.79 Å². The van der Waals surface area contributed by atoms with Crippen LogP contribution in [0, 0.1) is 10.1 Å². The number of non-ortho nitro benzene ring substituents is 1. The zero-order valence-electron chi connectivity index (χ0n) is 10.9. The second-order valence-corrected chi connectivity index (χ2v) is 4.59. The minimum Gasteiger partial charge on any atom is -0.454 e. The van der Waals surface area contributed by atoms with Crippen LogP contribution >= 0.6 is 0 Å². The van der Waals surface area contributed by atoms with Gasteiger partial charge in [0.1, 0.15) is 0 Å². The summed E-state index contributed by atoms with van der Waals surface area (Å²) in [5.74, 6) is 1.11. The van der Waals surface area contributed by atoms with Crippen LogP contribution < -0.4 is 9.47 Å². The van der Waals surface area contributed by atoms with Crippen LogP contribution in [0.15, 0.2) is 42.5 Å². The van der Waals surface area contributed by atoms with Crippen LogP contribution in [0.4, 0.5) is 5.69 Å². The molecule has 0 fully saturated rings. The topological polar surface area (TPSA) is 78.7 Å². The summed E-state index contributed by atoms with van der Waals surface area (Å²) < 4.78 is 10.4. The van der Waals surface area contributed by atoms with Crippen molar-refractivity contribution < 1.29 is 19.2 Å². The van der Waals surface area contributed by atoms with Crippen LogP contribution in [0.3, 0.4) is 0 Å². The van der Waals surface area contributed by atoms with E-state index >= 15 is 0 Å². The summed E-state index contributed by atoms with van der Waals surface area (Å²) in [6.45, 7) is 0.162. The number of ketones is 1. The highest BCUT2D eigenvalue weighted by Crippen LogP contribution is 2.32. The standard InChI is InChI=1S/C15H11NO5/c17-13(7-10-1-4-12(5-2-10)16(18)19)11-3-6-14-15(8-11)21-9-20-14/h1-6,8H,7,9H2. The van der Waals surface area contributed by atoms with Crippen LogP contribution in [-0.2, 0) is 6.42 Å². The molecule has 0 unspecified atom stereocenters. The first-order chi connectivity index (χ1) is 10.1. The Bertz CT molecular complexity index is 709. The molecule has 0 saturated carbocycles. The predicted octanol–water partition coefficient (Wildman–Crippen LogP) is 2.75. The van der Waals surface area contributed by atoms with Gasteiger partial charge in [-0.2, -0.15) is 0 Å². The van der Waals surface area contributed by atoms with E-state index in [1.165, 1.54) is 12.1 Å². The number of nitro groups is 1. The van der Waals surface area contributed by atoms with Crippen molar-refractivity contribution >= 4 is 11.5 Å². The number of nitro benzene ring substituents is 1. The minimum atomic E-state index is -0.469. The van der Waals surface area contributed by atoms with Crippen LogP contribution in [0.5, 0.6) is 11.5 Å². The van der Waals surface area contributed by atoms with Crippen molar-refractivity contribution in [2.24, 2.45) is 0 Å². The van der Waals surface area contributed by atoms with Gasteiger partial charge in [-0.25, -0.2) is 0 Å². The van der Waals surface area contributed by atoms with Crippen molar-refractivity contribution in [3.8, 4) is 11.5 Å². The van der Waals surface area contributed by atoms with E-state index < -0.39 is 4.92 Å². The van der Waals surface area contributed by atoms with E-state index in [4.69, 9.17) is 9.47 Å². The number of carbonyl (C=O) groups is 1. The zero-order valence-corrected chi connectivity index (χ0v) is 10.9. The Balaban J connectivity index is 1.75. The van der Waals surface area contributed by atoms with Crippen LogP contribution in [0.2, 0.25) is 0 Å². The van der Waals surface area contributed by atoms with Crippen LogP contribution in [0.1, 0.15) is 15.9 Å². The highest BCUT2D eigenvalue weighted by atomic mass is 16.7. The van der Waals surface area contributed by atoms with E-state index in [-0.39, 0.29) is 24.7 Å². The molecule has 0 aliphatic carbocycles. The summed E-state index contributed by atoms with van der Waals surface area (Å²) in [7, 11) is 0. The smallest absolute Gasteiger partial charge is 0.269 e. The number of benzene rings is 2. The molecule has 6 nitrogen and oxygen atoms in total. The highest BCUT2D eigenvalue weighted by molar-refractivity contribution is 5.98. The number of ether oxygens (including phenoxy) is 2. The maximum atomic E-state index is 12.2. The van der Waals surface area contributed by atoms with Crippen molar-refractivity contribution in [2.45, 2.75) is 6.42 Å². The Kier molecular flexibility index (Phi) is 3.27. The Morgan fingerprint density at radius 3 is 2.52 bits per heavy atom. The fraction of sp³-hybridized carbons (Fsp3) is 0.133. The lowest BCUT2D eigenvalue weighted by Gasteiger charge is -2.03. The van der Waals surface area contributed by atoms with E-state index in [1.807, 2.05) is 0 Å². The first-order valence-corrected chi connectivity index (χ1v) is 6.29. The highest BCUT2D eigenvalue weighted by Gasteiger charge is 2.16. The van der Waals surface area contributed by atoms with Crippen molar-refractivity contribution in [3.05, 3.63) is 63.7 Å². The molecule has 1 heterocycles. The molecule has 0 bridgehead atoms. The number of Topliss-reactive ketones (excluding diaryl/α,β-unsaturated/α-hetero) is 1. The summed E-state index contributed by atoms with van der Waals surface area (Å²) in [5.41, 5.74) is 1.26. The number of hydrogen-bond donors (Lipinski definition) is 0. The predicted molar refractivity (Wildman–Crippen MR) is 73.7 cm³/mol. The minimum absolute atomic E-state index is 0.00859. The number of hydrogen-bond acceptors (Lipinski definition) is 5. The molecule has 0 aromatic heterocycles. The Hall–Kier alpha value is -2.89. The van der Waals surface area contributed by atoms with Crippen molar-refractivity contribution in [3.63, 3.8) is 0 Å². The summed E-state index contributed by atoms with van der Waals surface area (Å²) in [6, 6.07) is 11.0. The van der Waals surface area contributed by atoms with Gasteiger partial charge in [-0.1, -0.05) is 12.1 Å². The third-order valence-electron chi connectivity index (χ3n) is 3.21. The molecule has 0 radical (unpaired) electrons. The van der Waals surface area contributed by atoms with E-state index in [1.54, 1.807) is 30.3 Å². The van der Waals surface area contributed by atoms with Crippen molar-refractivity contribution in [1.29, 1.82) is 0 Å². The van der Waals surface area contributed by atoms with Gasteiger partial charge in [0, 0.05) is 24.1 Å². The molecule has 3 rings (SSSR count). The molecule has 2 aromatic carbocycles. The summed E-state index contributed by atoms with van der Waals surface area (Å²) in [6.07, 6.45) is 0.178. The van der Waals surface area contributed by atoms with Gasteiger partial charge in [-0.15, -0.1) is 0 Å². The maximum Gasteiger partial charge on any atom is 0.269 e. The molecule has 0 atom stereocenters. The first-order valence-electron chi connectivity index (χ1n) is 6.29. The lowest BCUT2D eigenvalue weighted by molar-refractivity contribution is -0.384. The number of rotatable bonds is 4. The van der Waals surface area contributed by atoms with Gasteiger partial charge in [0.25, 0.3) is 5.69 Å².